The molecule has 14 heavy (non-hydrogen) atoms. The summed E-state index contributed by atoms with van der Waals surface area (Å²) in [6.07, 6.45) is 3.28. The minimum atomic E-state index is -0.711. The average molecular weight is 192 g/mol. The minimum Gasteiger partial charge on any atom is -0.383 e. The molecule has 76 valence electrons. The van der Waals surface area contributed by atoms with Gasteiger partial charge in [0.1, 0.15) is 5.60 Å². The maximum atomic E-state index is 10.4. The Hall–Kier alpha value is -0.930. The van der Waals surface area contributed by atoms with Gasteiger partial charge in [0.05, 0.1) is 5.69 Å². The van der Waals surface area contributed by atoms with E-state index in [1.54, 1.807) is 6.20 Å². The van der Waals surface area contributed by atoms with E-state index < -0.39 is 5.60 Å². The second-order valence-corrected chi connectivity index (χ2v) is 4.00. The monoisotopic (exact) mass is 192 g/mol. The van der Waals surface area contributed by atoms with E-state index in [2.05, 4.69) is 10.3 Å². The zero-order valence-electron chi connectivity index (χ0n) is 8.45. The van der Waals surface area contributed by atoms with Crippen molar-refractivity contribution in [2.24, 2.45) is 0 Å². The maximum absolute atomic E-state index is 10.4. The van der Waals surface area contributed by atoms with Crippen LogP contribution in [-0.2, 0) is 5.60 Å². The highest BCUT2D eigenvalue weighted by molar-refractivity contribution is 5.20. The number of pyridine rings is 1. The summed E-state index contributed by atoms with van der Waals surface area (Å²) in [5.41, 5.74) is 1.26. The van der Waals surface area contributed by atoms with Gasteiger partial charge in [-0.3, -0.25) is 4.98 Å². The molecule has 0 radical (unpaired) electrons. The highest BCUT2D eigenvalue weighted by Crippen LogP contribution is 2.28. The van der Waals surface area contributed by atoms with Gasteiger partial charge >= 0.3 is 0 Å². The molecule has 1 aliphatic heterocycles. The molecule has 2 heterocycles. The molecule has 0 atom stereocenters. The molecule has 0 saturated carbocycles. The first-order valence-corrected chi connectivity index (χ1v) is 5.07. The van der Waals surface area contributed by atoms with Crippen molar-refractivity contribution in [2.45, 2.75) is 25.4 Å². The predicted octanol–water partition coefficient (Wildman–Crippen LogP) is 0.961. The van der Waals surface area contributed by atoms with Gasteiger partial charge in [0.2, 0.25) is 0 Å². The Labute approximate surface area is 84.2 Å². The highest BCUT2D eigenvalue weighted by atomic mass is 16.3. The van der Waals surface area contributed by atoms with Crippen molar-refractivity contribution in [2.75, 3.05) is 13.1 Å². The Morgan fingerprint density at radius 2 is 2.14 bits per heavy atom. The van der Waals surface area contributed by atoms with Gasteiger partial charge in [-0.05, 0) is 50.6 Å². The molecule has 0 bridgehead atoms. The van der Waals surface area contributed by atoms with Crippen LogP contribution in [0.5, 0.6) is 0 Å². The lowest BCUT2D eigenvalue weighted by atomic mass is 9.88. The van der Waals surface area contributed by atoms with Crippen molar-refractivity contribution in [1.29, 1.82) is 0 Å². The normalized spacial score (nSPS) is 20.7. The van der Waals surface area contributed by atoms with Gasteiger partial charge in [0, 0.05) is 6.20 Å². The van der Waals surface area contributed by atoms with Gasteiger partial charge in [-0.15, -0.1) is 0 Å². The molecule has 2 rings (SSSR count). The molecule has 3 nitrogen and oxygen atoms in total. The topological polar surface area (TPSA) is 45.2 Å². The van der Waals surface area contributed by atoms with Gasteiger partial charge in [0.15, 0.2) is 0 Å². The summed E-state index contributed by atoms with van der Waals surface area (Å²) >= 11 is 0. The quantitative estimate of drug-likeness (QED) is 0.696. The molecule has 0 aromatic carbocycles. The molecular formula is C11H16N2O. The van der Waals surface area contributed by atoms with E-state index in [0.717, 1.165) is 37.2 Å². The molecule has 1 aromatic heterocycles. The zero-order chi connectivity index (χ0) is 10.0. The molecule has 3 heteroatoms. The fraction of sp³-hybridized carbons (Fsp3) is 0.545. The SMILES string of the molecule is Cc1ccnc(C2(O)CCNCC2)c1. The first-order valence-electron chi connectivity index (χ1n) is 5.07. The maximum Gasteiger partial charge on any atom is 0.109 e. The van der Waals surface area contributed by atoms with Gasteiger partial charge in [-0.1, -0.05) is 0 Å². The van der Waals surface area contributed by atoms with Crippen molar-refractivity contribution < 1.29 is 5.11 Å². The Balaban J connectivity index is 2.28. The Morgan fingerprint density at radius 3 is 2.79 bits per heavy atom. The third-order valence-corrected chi connectivity index (χ3v) is 2.82. The summed E-state index contributed by atoms with van der Waals surface area (Å²) in [6, 6.07) is 3.93. The number of aliphatic hydroxyl groups is 1. The van der Waals surface area contributed by atoms with Crippen molar-refractivity contribution in [3.63, 3.8) is 0 Å². The summed E-state index contributed by atoms with van der Waals surface area (Å²) in [5, 5.41) is 13.6. The first kappa shape index (κ1) is 9.62. The van der Waals surface area contributed by atoms with E-state index in [4.69, 9.17) is 0 Å². The fourth-order valence-electron chi connectivity index (χ4n) is 1.89. The van der Waals surface area contributed by atoms with E-state index in [0.29, 0.717) is 0 Å². The third-order valence-electron chi connectivity index (χ3n) is 2.82. The largest absolute Gasteiger partial charge is 0.383 e. The predicted molar refractivity (Wildman–Crippen MR) is 55.0 cm³/mol. The van der Waals surface area contributed by atoms with E-state index >= 15 is 0 Å². The van der Waals surface area contributed by atoms with Crippen LogP contribution in [0.2, 0.25) is 0 Å². The van der Waals surface area contributed by atoms with Crippen LogP contribution in [0.15, 0.2) is 18.3 Å². The smallest absolute Gasteiger partial charge is 0.109 e. The molecule has 0 amide bonds. The number of piperidine rings is 1. The van der Waals surface area contributed by atoms with E-state index in [9.17, 15) is 5.11 Å². The standard InChI is InChI=1S/C11H16N2O/c1-9-2-5-13-10(8-9)11(14)3-6-12-7-4-11/h2,5,8,12,14H,3-4,6-7H2,1H3. The van der Waals surface area contributed by atoms with Gasteiger partial charge in [-0.2, -0.15) is 0 Å². The highest BCUT2D eigenvalue weighted by Gasteiger charge is 2.32. The van der Waals surface area contributed by atoms with Crippen LogP contribution in [0.3, 0.4) is 0 Å². The lowest BCUT2D eigenvalue weighted by molar-refractivity contribution is 0.00182. The Morgan fingerprint density at radius 1 is 1.43 bits per heavy atom. The molecule has 1 aromatic rings. The van der Waals surface area contributed by atoms with E-state index in [-0.39, 0.29) is 0 Å². The molecule has 0 spiro atoms. The Bertz CT molecular complexity index is 319. The number of hydrogen-bond acceptors (Lipinski definition) is 3. The summed E-state index contributed by atoms with van der Waals surface area (Å²) in [6.45, 7) is 3.76. The van der Waals surface area contributed by atoms with Crippen LogP contribution in [0.25, 0.3) is 0 Å². The van der Waals surface area contributed by atoms with Crippen LogP contribution in [0, 0.1) is 6.92 Å². The van der Waals surface area contributed by atoms with Crippen LogP contribution in [0.1, 0.15) is 24.1 Å². The van der Waals surface area contributed by atoms with Crippen molar-refractivity contribution in [3.05, 3.63) is 29.6 Å². The van der Waals surface area contributed by atoms with Crippen LogP contribution < -0.4 is 5.32 Å². The summed E-state index contributed by atoms with van der Waals surface area (Å²) in [4.78, 5) is 4.26. The molecule has 2 N–H and O–H groups in total. The number of aromatic nitrogens is 1. The molecule has 1 saturated heterocycles. The number of aryl methyl sites for hydroxylation is 1. The lowest BCUT2D eigenvalue weighted by Gasteiger charge is -2.32. The van der Waals surface area contributed by atoms with Gasteiger partial charge < -0.3 is 10.4 Å². The van der Waals surface area contributed by atoms with E-state index in [1.165, 1.54) is 0 Å². The Kier molecular flexibility index (Phi) is 2.52. The van der Waals surface area contributed by atoms with Crippen molar-refractivity contribution >= 4 is 0 Å². The van der Waals surface area contributed by atoms with Crippen LogP contribution in [-0.4, -0.2) is 23.2 Å². The van der Waals surface area contributed by atoms with Gasteiger partial charge in [0.25, 0.3) is 0 Å². The van der Waals surface area contributed by atoms with Crippen molar-refractivity contribution in [1.82, 2.24) is 10.3 Å². The minimum absolute atomic E-state index is 0.711. The summed E-state index contributed by atoms with van der Waals surface area (Å²) < 4.78 is 0. The summed E-state index contributed by atoms with van der Waals surface area (Å²) in [5.74, 6) is 0. The molecule has 0 aliphatic carbocycles. The van der Waals surface area contributed by atoms with Gasteiger partial charge in [-0.25, -0.2) is 0 Å². The third kappa shape index (κ3) is 1.79. The lowest BCUT2D eigenvalue weighted by Crippen LogP contribution is -2.40. The van der Waals surface area contributed by atoms with E-state index in [1.807, 2.05) is 19.1 Å². The summed E-state index contributed by atoms with van der Waals surface area (Å²) in [7, 11) is 0. The van der Waals surface area contributed by atoms with Crippen LogP contribution in [0.4, 0.5) is 0 Å². The van der Waals surface area contributed by atoms with Crippen molar-refractivity contribution in [3.8, 4) is 0 Å². The molecule has 1 fully saturated rings. The molecule has 1 aliphatic rings. The zero-order valence-corrected chi connectivity index (χ0v) is 8.45. The second kappa shape index (κ2) is 3.67. The first-order chi connectivity index (χ1) is 6.71. The number of rotatable bonds is 1. The second-order valence-electron chi connectivity index (χ2n) is 4.00. The number of nitrogens with zero attached hydrogens (tertiary/aromatic N) is 1. The molecular weight excluding hydrogens is 176 g/mol. The molecule has 0 unspecified atom stereocenters. The number of hydrogen-bond donors (Lipinski definition) is 2. The fourth-order valence-corrected chi connectivity index (χ4v) is 1.89. The average Bonchev–Trinajstić information content (AvgIpc) is 2.19. The number of nitrogens with one attached hydrogen (secondary N) is 1. The van der Waals surface area contributed by atoms with Crippen LogP contribution >= 0.6 is 0 Å².